The maximum Gasteiger partial charge on any atom is 0.227 e. The lowest BCUT2D eigenvalue weighted by atomic mass is 9.82. The number of nitrogens with one attached hydrogen (secondary N) is 2. The first kappa shape index (κ1) is 18.2. The summed E-state index contributed by atoms with van der Waals surface area (Å²) >= 11 is 0. The molecule has 1 aliphatic heterocycles. The molecule has 1 fully saturated rings. The third-order valence-corrected chi connectivity index (χ3v) is 3.30. The first-order valence-corrected chi connectivity index (χ1v) is 6.10. The summed E-state index contributed by atoms with van der Waals surface area (Å²) in [5.41, 5.74) is 0.626. The molecule has 1 aliphatic rings. The van der Waals surface area contributed by atoms with E-state index in [2.05, 4.69) is 15.6 Å². The van der Waals surface area contributed by atoms with E-state index in [9.17, 15) is 4.79 Å². The van der Waals surface area contributed by atoms with Crippen LogP contribution in [0.5, 0.6) is 0 Å². The number of aromatic nitrogens is 1. The molecule has 0 saturated carbocycles. The van der Waals surface area contributed by atoms with Crippen LogP contribution in [0.15, 0.2) is 24.4 Å². The predicted molar refractivity (Wildman–Crippen MR) is 80.8 cm³/mol. The molecule has 2 rings (SSSR count). The zero-order chi connectivity index (χ0) is 12.1. The molecule has 0 bridgehead atoms. The fraction of sp³-hybridized carbons (Fsp3) is 0.538. The van der Waals surface area contributed by atoms with Crippen LogP contribution in [0.25, 0.3) is 0 Å². The Kier molecular flexibility index (Phi) is 7.99. The zero-order valence-corrected chi connectivity index (χ0v) is 12.6. The molecule has 1 unspecified atom stereocenters. The summed E-state index contributed by atoms with van der Waals surface area (Å²) in [6.45, 7) is 4.31. The second kappa shape index (κ2) is 8.35. The Morgan fingerprint density at radius 1 is 1.47 bits per heavy atom. The minimum absolute atomic E-state index is 0. The van der Waals surface area contributed by atoms with Gasteiger partial charge in [-0.15, -0.1) is 24.8 Å². The van der Waals surface area contributed by atoms with E-state index in [1.807, 2.05) is 25.1 Å². The lowest BCUT2D eigenvalue weighted by molar-refractivity contribution is -0.131. The van der Waals surface area contributed by atoms with Gasteiger partial charge >= 0.3 is 0 Å². The van der Waals surface area contributed by atoms with Crippen molar-refractivity contribution in [3.8, 4) is 0 Å². The third kappa shape index (κ3) is 4.97. The molecular formula is C13H21Cl2N3O. The number of piperidine rings is 1. The summed E-state index contributed by atoms with van der Waals surface area (Å²) in [7, 11) is 0. The predicted octanol–water partition coefficient (Wildman–Crippen LogP) is 1.93. The maximum absolute atomic E-state index is 12.1. The van der Waals surface area contributed by atoms with E-state index in [-0.39, 0.29) is 36.1 Å². The van der Waals surface area contributed by atoms with E-state index in [0.29, 0.717) is 6.54 Å². The fourth-order valence-electron chi connectivity index (χ4n) is 2.14. The van der Waals surface area contributed by atoms with Crippen LogP contribution in [0.1, 0.15) is 25.5 Å². The Morgan fingerprint density at radius 3 is 2.84 bits per heavy atom. The van der Waals surface area contributed by atoms with Crippen molar-refractivity contribution in [3.05, 3.63) is 30.1 Å². The molecule has 1 amide bonds. The van der Waals surface area contributed by atoms with Crippen molar-refractivity contribution in [2.75, 3.05) is 13.1 Å². The molecule has 0 aliphatic carbocycles. The van der Waals surface area contributed by atoms with Crippen LogP contribution >= 0.6 is 24.8 Å². The number of nitrogens with zero attached hydrogens (tertiary/aromatic N) is 1. The largest absolute Gasteiger partial charge is 0.350 e. The van der Waals surface area contributed by atoms with Crippen molar-refractivity contribution >= 4 is 30.7 Å². The highest BCUT2D eigenvalue weighted by molar-refractivity contribution is 5.85. The highest BCUT2D eigenvalue weighted by Gasteiger charge is 2.34. The number of hydrogen-bond donors (Lipinski definition) is 2. The molecule has 2 heterocycles. The van der Waals surface area contributed by atoms with Crippen LogP contribution in [-0.2, 0) is 11.3 Å². The molecule has 6 heteroatoms. The quantitative estimate of drug-likeness (QED) is 0.897. The Morgan fingerprint density at radius 2 is 2.26 bits per heavy atom. The van der Waals surface area contributed by atoms with Gasteiger partial charge in [0.05, 0.1) is 17.7 Å². The van der Waals surface area contributed by atoms with E-state index in [4.69, 9.17) is 0 Å². The van der Waals surface area contributed by atoms with Gasteiger partial charge in [-0.2, -0.15) is 0 Å². The van der Waals surface area contributed by atoms with Crippen molar-refractivity contribution < 1.29 is 4.79 Å². The summed E-state index contributed by atoms with van der Waals surface area (Å²) in [5, 5.41) is 6.25. The monoisotopic (exact) mass is 305 g/mol. The van der Waals surface area contributed by atoms with E-state index in [0.717, 1.165) is 31.6 Å². The van der Waals surface area contributed by atoms with Crippen LogP contribution in [-0.4, -0.2) is 24.0 Å². The number of halogens is 2. The van der Waals surface area contributed by atoms with Crippen LogP contribution in [0.2, 0.25) is 0 Å². The van der Waals surface area contributed by atoms with E-state index in [1.165, 1.54) is 0 Å². The minimum Gasteiger partial charge on any atom is -0.350 e. The van der Waals surface area contributed by atoms with E-state index >= 15 is 0 Å². The van der Waals surface area contributed by atoms with Gasteiger partial charge in [-0.05, 0) is 38.4 Å². The molecule has 0 aromatic carbocycles. The standard InChI is InChI=1S/C13H19N3O.2ClH/c1-13(6-4-7-14-10-13)12(17)16-9-11-5-2-3-8-15-11;;/h2-3,5,8,14H,4,6-7,9-10H2,1H3,(H,16,17);2*1H. The summed E-state index contributed by atoms with van der Waals surface area (Å²) in [5.74, 6) is 0.121. The number of amides is 1. The summed E-state index contributed by atoms with van der Waals surface area (Å²) in [6, 6.07) is 5.72. The average molecular weight is 306 g/mol. The molecular weight excluding hydrogens is 285 g/mol. The molecule has 0 spiro atoms. The van der Waals surface area contributed by atoms with Gasteiger partial charge in [-0.3, -0.25) is 9.78 Å². The normalized spacial score (nSPS) is 21.7. The average Bonchev–Trinajstić information content (AvgIpc) is 2.38. The SMILES string of the molecule is CC1(C(=O)NCc2ccccn2)CCCNC1.Cl.Cl. The number of pyridine rings is 1. The second-order valence-electron chi connectivity index (χ2n) is 4.84. The van der Waals surface area contributed by atoms with Gasteiger partial charge in [0, 0.05) is 12.7 Å². The first-order valence-electron chi connectivity index (χ1n) is 6.10. The number of carbonyl (C=O) groups is 1. The molecule has 4 nitrogen and oxygen atoms in total. The molecule has 1 aromatic rings. The smallest absolute Gasteiger partial charge is 0.227 e. The molecule has 0 radical (unpaired) electrons. The number of hydrogen-bond acceptors (Lipinski definition) is 3. The lowest BCUT2D eigenvalue weighted by Gasteiger charge is -2.32. The molecule has 2 N–H and O–H groups in total. The molecule has 1 saturated heterocycles. The molecule has 108 valence electrons. The Labute approximate surface area is 126 Å². The molecule has 1 atom stereocenters. The van der Waals surface area contributed by atoms with E-state index < -0.39 is 0 Å². The van der Waals surface area contributed by atoms with Crippen molar-refractivity contribution in [1.82, 2.24) is 15.6 Å². The van der Waals surface area contributed by atoms with Crippen molar-refractivity contribution in [3.63, 3.8) is 0 Å². The van der Waals surface area contributed by atoms with Gasteiger partial charge in [0.1, 0.15) is 0 Å². The van der Waals surface area contributed by atoms with Gasteiger partial charge < -0.3 is 10.6 Å². The summed E-state index contributed by atoms with van der Waals surface area (Å²) < 4.78 is 0. The Balaban J connectivity index is 0.00000162. The lowest BCUT2D eigenvalue weighted by Crippen LogP contribution is -2.48. The number of carbonyl (C=O) groups excluding carboxylic acids is 1. The highest BCUT2D eigenvalue weighted by Crippen LogP contribution is 2.25. The van der Waals surface area contributed by atoms with Crippen LogP contribution in [0, 0.1) is 5.41 Å². The second-order valence-corrected chi connectivity index (χ2v) is 4.84. The van der Waals surface area contributed by atoms with Crippen LogP contribution in [0.4, 0.5) is 0 Å². The Bertz CT molecular complexity index is 381. The summed E-state index contributed by atoms with van der Waals surface area (Å²) in [4.78, 5) is 16.3. The molecule has 19 heavy (non-hydrogen) atoms. The highest BCUT2D eigenvalue weighted by atomic mass is 35.5. The van der Waals surface area contributed by atoms with Gasteiger partial charge in [-0.25, -0.2) is 0 Å². The van der Waals surface area contributed by atoms with Gasteiger partial charge in [-0.1, -0.05) is 6.07 Å². The van der Waals surface area contributed by atoms with E-state index in [1.54, 1.807) is 6.20 Å². The zero-order valence-electron chi connectivity index (χ0n) is 11.0. The third-order valence-electron chi connectivity index (χ3n) is 3.30. The van der Waals surface area contributed by atoms with Gasteiger partial charge in [0.2, 0.25) is 5.91 Å². The van der Waals surface area contributed by atoms with Crippen molar-refractivity contribution in [2.45, 2.75) is 26.3 Å². The summed E-state index contributed by atoms with van der Waals surface area (Å²) in [6.07, 6.45) is 3.76. The minimum atomic E-state index is -0.271. The van der Waals surface area contributed by atoms with Crippen molar-refractivity contribution in [1.29, 1.82) is 0 Å². The van der Waals surface area contributed by atoms with Crippen LogP contribution in [0.3, 0.4) is 0 Å². The van der Waals surface area contributed by atoms with Gasteiger partial charge in [0.15, 0.2) is 0 Å². The van der Waals surface area contributed by atoms with Crippen molar-refractivity contribution in [2.24, 2.45) is 5.41 Å². The Hall–Kier alpha value is -0.840. The maximum atomic E-state index is 12.1. The van der Waals surface area contributed by atoms with Crippen LogP contribution < -0.4 is 10.6 Å². The van der Waals surface area contributed by atoms with Gasteiger partial charge in [0.25, 0.3) is 0 Å². The topological polar surface area (TPSA) is 54.0 Å². The number of rotatable bonds is 3. The molecule has 1 aromatic heterocycles. The first-order chi connectivity index (χ1) is 8.21. The fourth-order valence-corrected chi connectivity index (χ4v) is 2.14.